The third-order valence-corrected chi connectivity index (χ3v) is 4.48. The summed E-state index contributed by atoms with van der Waals surface area (Å²) in [5.41, 5.74) is 2.13. The lowest BCUT2D eigenvalue weighted by Crippen LogP contribution is -2.26. The third-order valence-electron chi connectivity index (χ3n) is 4.48. The smallest absolute Gasteiger partial charge is 0.337 e. The molecule has 0 spiro atoms. The Hall–Kier alpha value is -1.84. The minimum atomic E-state index is -0.883. The van der Waals surface area contributed by atoms with Crippen molar-refractivity contribution in [1.82, 2.24) is 9.55 Å². The molecule has 1 fully saturated rings. The van der Waals surface area contributed by atoms with Crippen LogP contribution in [0.1, 0.15) is 49.4 Å². The molecule has 0 radical (unpaired) electrons. The van der Waals surface area contributed by atoms with Crippen LogP contribution in [0.15, 0.2) is 24.5 Å². The molecule has 1 heterocycles. The van der Waals surface area contributed by atoms with E-state index >= 15 is 0 Å². The highest BCUT2D eigenvalue weighted by Gasteiger charge is 2.28. The van der Waals surface area contributed by atoms with Gasteiger partial charge in [-0.05, 0) is 30.4 Å². The van der Waals surface area contributed by atoms with E-state index in [1.54, 1.807) is 18.5 Å². The molecule has 0 unspecified atom stereocenters. The normalized spacial score (nSPS) is 18.2. The standard InChI is InChI=1S/C16H20N2O2/c1-16(8-3-2-4-9-16)10-18-11-17-13-7-5-6-12(14(13)18)15(19)20/h5-7,11H,2-4,8-10H2,1H3,(H,19,20). The molecule has 0 amide bonds. The van der Waals surface area contributed by atoms with Crippen molar-refractivity contribution in [3.63, 3.8) is 0 Å². The second kappa shape index (κ2) is 4.93. The van der Waals surface area contributed by atoms with Crippen molar-refractivity contribution in [2.75, 3.05) is 0 Å². The minimum Gasteiger partial charge on any atom is -0.478 e. The molecule has 1 aromatic carbocycles. The highest BCUT2D eigenvalue weighted by atomic mass is 16.4. The summed E-state index contributed by atoms with van der Waals surface area (Å²) in [6, 6.07) is 5.29. The highest BCUT2D eigenvalue weighted by molar-refractivity contribution is 6.01. The predicted molar refractivity (Wildman–Crippen MR) is 77.9 cm³/mol. The van der Waals surface area contributed by atoms with Crippen LogP contribution in [0.25, 0.3) is 11.0 Å². The van der Waals surface area contributed by atoms with E-state index in [-0.39, 0.29) is 5.41 Å². The summed E-state index contributed by atoms with van der Waals surface area (Å²) >= 11 is 0. The number of fused-ring (bicyclic) bond motifs is 1. The van der Waals surface area contributed by atoms with Gasteiger partial charge in [0.2, 0.25) is 0 Å². The van der Waals surface area contributed by atoms with Gasteiger partial charge in [0, 0.05) is 6.54 Å². The largest absolute Gasteiger partial charge is 0.478 e. The average Bonchev–Trinajstić information content (AvgIpc) is 2.82. The van der Waals surface area contributed by atoms with E-state index in [4.69, 9.17) is 0 Å². The summed E-state index contributed by atoms with van der Waals surface area (Å²) < 4.78 is 2.03. The zero-order valence-electron chi connectivity index (χ0n) is 11.8. The molecule has 0 aliphatic heterocycles. The van der Waals surface area contributed by atoms with Gasteiger partial charge in [-0.15, -0.1) is 0 Å². The predicted octanol–water partition coefficient (Wildman–Crippen LogP) is 3.70. The lowest BCUT2D eigenvalue weighted by Gasteiger charge is -2.34. The number of imidazole rings is 1. The molecule has 1 saturated carbocycles. The van der Waals surface area contributed by atoms with Gasteiger partial charge in [0.15, 0.2) is 0 Å². The number of rotatable bonds is 3. The first-order valence-corrected chi connectivity index (χ1v) is 7.26. The molecule has 4 nitrogen and oxygen atoms in total. The van der Waals surface area contributed by atoms with Gasteiger partial charge in [-0.2, -0.15) is 0 Å². The van der Waals surface area contributed by atoms with Gasteiger partial charge >= 0.3 is 5.97 Å². The molecule has 4 heteroatoms. The highest BCUT2D eigenvalue weighted by Crippen LogP contribution is 2.38. The first kappa shape index (κ1) is 13.2. The molecule has 106 valence electrons. The van der Waals surface area contributed by atoms with Crippen LogP contribution in [0.4, 0.5) is 0 Å². The maximum Gasteiger partial charge on any atom is 0.337 e. The van der Waals surface area contributed by atoms with Gasteiger partial charge in [-0.1, -0.05) is 32.3 Å². The van der Waals surface area contributed by atoms with E-state index < -0.39 is 5.97 Å². The van der Waals surface area contributed by atoms with E-state index in [1.807, 2.05) is 10.6 Å². The van der Waals surface area contributed by atoms with Crippen LogP contribution in [0.2, 0.25) is 0 Å². The Kier molecular flexibility index (Phi) is 3.24. The van der Waals surface area contributed by atoms with Crippen molar-refractivity contribution < 1.29 is 9.90 Å². The molecule has 0 atom stereocenters. The molecule has 1 aliphatic carbocycles. The Balaban J connectivity index is 2.01. The summed E-state index contributed by atoms with van der Waals surface area (Å²) in [7, 11) is 0. The Labute approximate surface area is 118 Å². The topological polar surface area (TPSA) is 55.1 Å². The maximum atomic E-state index is 11.4. The minimum absolute atomic E-state index is 0.261. The van der Waals surface area contributed by atoms with Crippen LogP contribution >= 0.6 is 0 Å². The number of aromatic nitrogens is 2. The maximum absolute atomic E-state index is 11.4. The van der Waals surface area contributed by atoms with Gasteiger partial charge in [-0.3, -0.25) is 0 Å². The summed E-state index contributed by atoms with van der Waals surface area (Å²) in [4.78, 5) is 15.8. The second-order valence-electron chi connectivity index (χ2n) is 6.22. The van der Waals surface area contributed by atoms with Gasteiger partial charge in [0.05, 0.1) is 22.9 Å². The van der Waals surface area contributed by atoms with Crippen LogP contribution in [0.3, 0.4) is 0 Å². The number of para-hydroxylation sites is 1. The fraction of sp³-hybridized carbons (Fsp3) is 0.500. The zero-order chi connectivity index (χ0) is 14.2. The summed E-state index contributed by atoms with van der Waals surface area (Å²) in [6.07, 6.45) is 8.07. The van der Waals surface area contributed by atoms with Gasteiger partial charge < -0.3 is 9.67 Å². The van der Waals surface area contributed by atoms with Crippen molar-refractivity contribution in [2.24, 2.45) is 5.41 Å². The number of hydrogen-bond donors (Lipinski definition) is 1. The number of nitrogens with zero attached hydrogens (tertiary/aromatic N) is 2. The third kappa shape index (κ3) is 2.30. The Morgan fingerprint density at radius 2 is 2.10 bits per heavy atom. The second-order valence-corrected chi connectivity index (χ2v) is 6.22. The summed E-state index contributed by atoms with van der Waals surface area (Å²) in [5, 5.41) is 9.35. The Bertz CT molecular complexity index is 639. The Morgan fingerprint density at radius 3 is 2.80 bits per heavy atom. The first-order chi connectivity index (χ1) is 9.59. The van der Waals surface area contributed by atoms with E-state index in [2.05, 4.69) is 11.9 Å². The molecule has 3 rings (SSSR count). The SMILES string of the molecule is CC1(Cn2cnc3cccc(C(=O)O)c32)CCCCC1. The van der Waals surface area contributed by atoms with Gasteiger partial charge in [0.1, 0.15) is 0 Å². The number of benzene rings is 1. The summed E-state index contributed by atoms with van der Waals surface area (Å²) in [5.74, 6) is -0.883. The quantitative estimate of drug-likeness (QED) is 0.926. The molecular weight excluding hydrogens is 252 g/mol. The zero-order valence-corrected chi connectivity index (χ0v) is 11.8. The number of aromatic carboxylic acids is 1. The van der Waals surface area contributed by atoms with Crippen LogP contribution in [0, 0.1) is 5.41 Å². The molecule has 0 saturated heterocycles. The van der Waals surface area contributed by atoms with E-state index in [9.17, 15) is 9.90 Å². The molecule has 1 N–H and O–H groups in total. The van der Waals surface area contributed by atoms with Crippen molar-refractivity contribution in [1.29, 1.82) is 0 Å². The average molecular weight is 272 g/mol. The van der Waals surface area contributed by atoms with Crippen molar-refractivity contribution >= 4 is 17.0 Å². The number of hydrogen-bond acceptors (Lipinski definition) is 2. The van der Waals surface area contributed by atoms with Crippen LogP contribution in [-0.2, 0) is 6.54 Å². The van der Waals surface area contributed by atoms with Crippen molar-refractivity contribution in [2.45, 2.75) is 45.6 Å². The Morgan fingerprint density at radius 1 is 1.35 bits per heavy atom. The fourth-order valence-corrected chi connectivity index (χ4v) is 3.39. The lowest BCUT2D eigenvalue weighted by atomic mass is 9.75. The monoisotopic (exact) mass is 272 g/mol. The van der Waals surface area contributed by atoms with Crippen molar-refractivity contribution in [3.05, 3.63) is 30.1 Å². The lowest BCUT2D eigenvalue weighted by molar-refractivity contribution is 0.0698. The molecule has 1 aliphatic rings. The van der Waals surface area contributed by atoms with Gasteiger partial charge in [0.25, 0.3) is 0 Å². The van der Waals surface area contributed by atoms with E-state index in [0.717, 1.165) is 17.6 Å². The molecule has 0 bridgehead atoms. The molecular formula is C16H20N2O2. The number of carboxylic acids is 1. The fourth-order valence-electron chi connectivity index (χ4n) is 3.39. The van der Waals surface area contributed by atoms with E-state index in [1.165, 1.54) is 32.1 Å². The number of carboxylic acid groups (broad SMARTS) is 1. The molecule has 2 aromatic rings. The van der Waals surface area contributed by atoms with Crippen molar-refractivity contribution in [3.8, 4) is 0 Å². The summed E-state index contributed by atoms with van der Waals surface area (Å²) in [6.45, 7) is 3.16. The van der Waals surface area contributed by atoms with Crippen LogP contribution < -0.4 is 0 Å². The first-order valence-electron chi connectivity index (χ1n) is 7.26. The molecule has 20 heavy (non-hydrogen) atoms. The van der Waals surface area contributed by atoms with E-state index in [0.29, 0.717) is 5.56 Å². The van der Waals surface area contributed by atoms with Gasteiger partial charge in [-0.25, -0.2) is 9.78 Å². The van der Waals surface area contributed by atoms with Crippen LogP contribution in [-0.4, -0.2) is 20.6 Å². The number of carbonyl (C=O) groups is 1. The van der Waals surface area contributed by atoms with Crippen LogP contribution in [0.5, 0.6) is 0 Å². The molecule has 1 aromatic heterocycles.